The highest BCUT2D eigenvalue weighted by molar-refractivity contribution is 7.70. The van der Waals surface area contributed by atoms with E-state index in [4.69, 9.17) is 16.3 Å². The first-order valence-electron chi connectivity index (χ1n) is 11.0. The van der Waals surface area contributed by atoms with Crippen molar-refractivity contribution in [2.75, 3.05) is 6.61 Å². The van der Waals surface area contributed by atoms with Crippen LogP contribution in [0.15, 0.2) is 60.9 Å². The maximum Gasteiger partial charge on any atom is 0.291 e. The fraction of sp³-hybridized carbons (Fsp3) is 0.280. The quantitative estimate of drug-likeness (QED) is 0.292. The van der Waals surface area contributed by atoms with Gasteiger partial charge in [-0.1, -0.05) is 67.8 Å². The minimum Gasteiger partial charge on any atom is -0.494 e. The molecule has 0 aliphatic heterocycles. The fourth-order valence-corrected chi connectivity index (χ4v) is 3.93. The number of hydrogen-bond donors (Lipinski definition) is 1. The molecule has 1 amide bonds. The largest absolute Gasteiger partial charge is 0.494 e. The molecule has 34 heavy (non-hydrogen) atoms. The Labute approximate surface area is 206 Å². The normalized spacial score (nSPS) is 11.3. The van der Waals surface area contributed by atoms with Gasteiger partial charge < -0.3 is 9.30 Å². The van der Waals surface area contributed by atoms with Gasteiger partial charge >= 0.3 is 0 Å². The van der Waals surface area contributed by atoms with E-state index in [9.17, 15) is 13.2 Å². The number of aromatic nitrogens is 2. The van der Waals surface area contributed by atoms with Gasteiger partial charge in [-0.25, -0.2) is 17.7 Å². The third-order valence-corrected chi connectivity index (χ3v) is 6.19. The number of thiol groups is 1. The van der Waals surface area contributed by atoms with Crippen molar-refractivity contribution >= 4 is 34.5 Å². The van der Waals surface area contributed by atoms with E-state index in [-0.39, 0.29) is 5.69 Å². The highest BCUT2D eigenvalue weighted by Crippen LogP contribution is 2.24. The lowest BCUT2D eigenvalue weighted by Crippen LogP contribution is -2.24. The fourth-order valence-electron chi connectivity index (χ4n) is 3.28. The molecule has 7 nitrogen and oxygen atoms in total. The van der Waals surface area contributed by atoms with Crippen LogP contribution >= 0.6 is 11.6 Å². The van der Waals surface area contributed by atoms with Crippen molar-refractivity contribution in [1.82, 2.24) is 13.9 Å². The summed E-state index contributed by atoms with van der Waals surface area (Å²) in [5, 5.41) is 0.545. The van der Waals surface area contributed by atoms with Crippen molar-refractivity contribution in [3.63, 3.8) is 0 Å². The molecule has 0 aliphatic carbocycles. The Morgan fingerprint density at radius 2 is 1.94 bits per heavy atom. The van der Waals surface area contributed by atoms with Gasteiger partial charge in [0.1, 0.15) is 17.3 Å². The van der Waals surface area contributed by atoms with Gasteiger partial charge in [-0.3, -0.25) is 4.79 Å². The molecule has 0 saturated carbocycles. The number of ether oxygens (including phenoxy) is 1. The van der Waals surface area contributed by atoms with E-state index in [1.54, 1.807) is 35.8 Å². The van der Waals surface area contributed by atoms with E-state index in [0.717, 1.165) is 30.4 Å². The van der Waals surface area contributed by atoms with E-state index in [1.807, 2.05) is 30.3 Å². The van der Waals surface area contributed by atoms with Crippen LogP contribution in [0, 0.1) is 6.92 Å². The number of rotatable bonds is 11. The lowest BCUT2D eigenvalue weighted by molar-refractivity contribution is 0.0896. The minimum absolute atomic E-state index is 0.0291. The number of carbonyl (C=O) groups excluding carboxylic acids is 1. The molecule has 0 fully saturated rings. The Morgan fingerprint density at radius 1 is 1.18 bits per heavy atom. The van der Waals surface area contributed by atoms with E-state index in [1.165, 1.54) is 12.4 Å². The Kier molecular flexibility index (Phi) is 9.30. The van der Waals surface area contributed by atoms with Gasteiger partial charge in [0.25, 0.3) is 5.91 Å². The molecule has 2 aromatic carbocycles. The van der Waals surface area contributed by atoms with Gasteiger partial charge in [-0.05, 0) is 42.7 Å². The monoisotopic (exact) mass is 501 g/mol. The number of nitrogens with zero attached hydrogens (tertiary/aromatic N) is 3. The molecule has 180 valence electrons. The van der Waals surface area contributed by atoms with Crippen molar-refractivity contribution in [2.45, 2.75) is 39.7 Å². The van der Waals surface area contributed by atoms with Gasteiger partial charge in [0.05, 0.1) is 13.2 Å². The summed E-state index contributed by atoms with van der Waals surface area (Å²) in [5.41, 5.74) is 1.63. The lowest BCUT2D eigenvalue weighted by atomic mass is 10.2. The number of aryl methyl sites for hydroxylation is 1. The molecule has 0 bridgehead atoms. The van der Waals surface area contributed by atoms with Crippen LogP contribution in [0.25, 0.3) is 6.08 Å². The summed E-state index contributed by atoms with van der Waals surface area (Å²) in [6, 6.07) is 14.6. The van der Waals surface area contributed by atoms with Crippen LogP contribution < -0.4 is 4.74 Å². The van der Waals surface area contributed by atoms with Gasteiger partial charge in [0.15, 0.2) is 0 Å². The standard InChI is InChI=1S/C25H28ClN3O4S/c1-3-4-8-15-33-22-12-11-21(23(26)16-22)17-28-18-24(27-19(28)2)25(30)29(34(31)32)14-13-20-9-6-5-7-10-20/h5-7,9-14,16,18,34H,3-4,8,15,17H2,1-2H3/b14-13+. The maximum absolute atomic E-state index is 12.9. The first kappa shape index (κ1) is 25.5. The molecule has 9 heteroatoms. The number of benzene rings is 2. The van der Waals surface area contributed by atoms with E-state index in [0.29, 0.717) is 34.1 Å². The predicted molar refractivity (Wildman–Crippen MR) is 134 cm³/mol. The minimum atomic E-state index is -3.18. The zero-order chi connectivity index (χ0) is 24.5. The first-order valence-corrected chi connectivity index (χ1v) is 12.6. The second kappa shape index (κ2) is 12.4. The average Bonchev–Trinajstić information content (AvgIpc) is 3.19. The topological polar surface area (TPSA) is 81.5 Å². The number of halogens is 1. The Morgan fingerprint density at radius 3 is 2.62 bits per heavy atom. The summed E-state index contributed by atoms with van der Waals surface area (Å²) in [6.07, 6.45) is 7.56. The summed E-state index contributed by atoms with van der Waals surface area (Å²) in [7, 11) is -3.18. The SMILES string of the molecule is CCCCCOc1ccc(Cn2cc(C(=O)N(/C=C/c3ccccc3)[SH](=O)=O)nc2C)c(Cl)c1. The molecule has 0 unspecified atom stereocenters. The third kappa shape index (κ3) is 6.95. The molecule has 1 aromatic heterocycles. The number of hydrogen-bond acceptors (Lipinski definition) is 5. The van der Waals surface area contributed by atoms with Crippen LogP contribution in [-0.4, -0.2) is 34.8 Å². The number of carbonyl (C=O) groups is 1. The molecule has 3 rings (SSSR count). The molecule has 0 spiro atoms. The summed E-state index contributed by atoms with van der Waals surface area (Å²) >= 11 is 6.45. The van der Waals surface area contributed by atoms with Gasteiger partial charge in [-0.15, -0.1) is 0 Å². The summed E-state index contributed by atoms with van der Waals surface area (Å²) in [5.74, 6) is 0.544. The van der Waals surface area contributed by atoms with Gasteiger partial charge in [0, 0.05) is 17.4 Å². The lowest BCUT2D eigenvalue weighted by Gasteiger charge is -2.10. The second-order valence-electron chi connectivity index (χ2n) is 7.72. The van der Waals surface area contributed by atoms with Crippen LogP contribution in [0.4, 0.5) is 0 Å². The zero-order valence-corrected chi connectivity index (χ0v) is 20.8. The Hall–Kier alpha value is -3.10. The Balaban J connectivity index is 1.73. The molecular formula is C25H28ClN3O4S. The number of amides is 1. The third-order valence-electron chi connectivity index (χ3n) is 5.17. The molecule has 0 aliphatic rings. The Bertz CT molecular complexity index is 1210. The van der Waals surface area contributed by atoms with Crippen molar-refractivity contribution in [1.29, 1.82) is 0 Å². The summed E-state index contributed by atoms with van der Waals surface area (Å²) in [6.45, 7) is 4.91. The number of unbranched alkanes of at least 4 members (excludes halogenated alkanes) is 2. The van der Waals surface area contributed by atoms with Crippen molar-refractivity contribution < 1.29 is 17.9 Å². The zero-order valence-electron chi connectivity index (χ0n) is 19.2. The van der Waals surface area contributed by atoms with E-state index >= 15 is 0 Å². The van der Waals surface area contributed by atoms with Crippen molar-refractivity contribution in [2.24, 2.45) is 0 Å². The second-order valence-corrected chi connectivity index (χ2v) is 9.04. The summed E-state index contributed by atoms with van der Waals surface area (Å²) < 4.78 is 31.6. The average molecular weight is 502 g/mol. The maximum atomic E-state index is 12.9. The molecule has 0 radical (unpaired) electrons. The predicted octanol–water partition coefficient (Wildman–Crippen LogP) is 5.10. The van der Waals surface area contributed by atoms with E-state index in [2.05, 4.69) is 11.9 Å². The first-order chi connectivity index (χ1) is 16.4. The molecule has 0 atom stereocenters. The van der Waals surface area contributed by atoms with Gasteiger partial charge in [0.2, 0.25) is 10.9 Å². The van der Waals surface area contributed by atoms with Crippen LogP contribution in [0.3, 0.4) is 0 Å². The molecule has 1 heterocycles. The van der Waals surface area contributed by atoms with Crippen LogP contribution in [-0.2, 0) is 17.4 Å². The molecule has 3 aromatic rings. The molecular weight excluding hydrogens is 474 g/mol. The van der Waals surface area contributed by atoms with Gasteiger partial charge in [-0.2, -0.15) is 0 Å². The molecule has 0 N–H and O–H groups in total. The molecule has 0 saturated heterocycles. The van der Waals surface area contributed by atoms with Crippen molar-refractivity contribution in [3.05, 3.63) is 88.6 Å². The van der Waals surface area contributed by atoms with E-state index < -0.39 is 16.8 Å². The highest BCUT2D eigenvalue weighted by atomic mass is 35.5. The summed E-state index contributed by atoms with van der Waals surface area (Å²) in [4.78, 5) is 17.1. The van der Waals surface area contributed by atoms with Crippen molar-refractivity contribution in [3.8, 4) is 5.75 Å². The highest BCUT2D eigenvalue weighted by Gasteiger charge is 2.20. The van der Waals surface area contributed by atoms with Crippen LogP contribution in [0.2, 0.25) is 5.02 Å². The van der Waals surface area contributed by atoms with Crippen LogP contribution in [0.5, 0.6) is 5.75 Å². The van der Waals surface area contributed by atoms with Crippen LogP contribution in [0.1, 0.15) is 53.6 Å². The number of imidazole rings is 1. The smallest absolute Gasteiger partial charge is 0.291 e.